The minimum absolute atomic E-state index is 0.0166. The van der Waals surface area contributed by atoms with Gasteiger partial charge in [0.05, 0.1) is 4.91 Å². The van der Waals surface area contributed by atoms with E-state index in [2.05, 4.69) is 4.99 Å². The Labute approximate surface area is 146 Å². The number of ether oxygens (including phenoxy) is 2. The van der Waals surface area contributed by atoms with Crippen molar-refractivity contribution in [2.75, 3.05) is 19.9 Å². The molecule has 2 aliphatic rings. The molecular weight excluding hydrogens is 324 g/mol. The van der Waals surface area contributed by atoms with Crippen LogP contribution in [0.3, 0.4) is 0 Å². The molecule has 2 aliphatic heterocycles. The lowest BCUT2D eigenvalue weighted by Crippen LogP contribution is -2.29. The van der Waals surface area contributed by atoms with Crippen LogP contribution in [0, 0.1) is 0 Å². The summed E-state index contributed by atoms with van der Waals surface area (Å²) in [4.78, 5) is 19.7. The lowest BCUT2D eigenvalue weighted by atomic mass is 10.0. The topological polar surface area (TPSA) is 51.1 Å². The monoisotopic (exact) mass is 344 g/mol. The normalized spacial score (nSPS) is 20.9. The van der Waals surface area contributed by atoms with Crippen molar-refractivity contribution in [3.05, 3.63) is 58.4 Å². The summed E-state index contributed by atoms with van der Waals surface area (Å²) in [5, 5.41) is 0.755. The van der Waals surface area contributed by atoms with Gasteiger partial charge in [-0.25, -0.2) is 0 Å². The van der Waals surface area contributed by atoms with Gasteiger partial charge in [0.1, 0.15) is 6.26 Å². The van der Waals surface area contributed by atoms with Crippen molar-refractivity contribution in [3.63, 3.8) is 0 Å². The van der Waals surface area contributed by atoms with Crippen LogP contribution in [0.2, 0.25) is 0 Å². The molecule has 0 unspecified atom stereocenters. The van der Waals surface area contributed by atoms with Crippen LogP contribution in [0.25, 0.3) is 0 Å². The smallest absolute Gasteiger partial charge is 0.267 e. The van der Waals surface area contributed by atoms with Gasteiger partial charge < -0.3 is 9.47 Å². The zero-order valence-electron chi connectivity index (χ0n) is 13.8. The highest BCUT2D eigenvalue weighted by molar-refractivity contribution is 8.18. The van der Waals surface area contributed by atoms with E-state index in [0.717, 1.165) is 16.3 Å². The molecule has 3 rings (SSSR count). The molecule has 0 bridgehead atoms. The molecule has 126 valence electrons. The molecule has 1 amide bonds. The van der Waals surface area contributed by atoms with E-state index in [1.165, 1.54) is 11.8 Å². The Kier molecular flexibility index (Phi) is 5.25. The summed E-state index contributed by atoms with van der Waals surface area (Å²) in [5.41, 5.74) is 1.97. The summed E-state index contributed by atoms with van der Waals surface area (Å²) in [6.07, 6.45) is 2.20. The summed E-state index contributed by atoms with van der Waals surface area (Å²) in [7, 11) is 0. The van der Waals surface area contributed by atoms with Gasteiger partial charge in [-0.15, -0.1) is 0 Å². The number of hydrogen-bond acceptors (Lipinski definition) is 5. The first kappa shape index (κ1) is 16.6. The molecule has 0 saturated carbocycles. The molecule has 0 aromatic heterocycles. The summed E-state index contributed by atoms with van der Waals surface area (Å²) in [5.74, 6) is 0.612. The molecule has 24 heavy (non-hydrogen) atoms. The van der Waals surface area contributed by atoms with Gasteiger partial charge >= 0.3 is 0 Å². The average Bonchev–Trinajstić information content (AvgIpc) is 3.23. The van der Waals surface area contributed by atoms with E-state index >= 15 is 0 Å². The SMILES string of the molecule is CCN=C1SC(=C(Cc2ccccc2)C2=COCO2)C(=O)N1CC. The number of aliphatic imine (C=N–C) groups is 1. The van der Waals surface area contributed by atoms with E-state index in [1.807, 2.05) is 44.2 Å². The van der Waals surface area contributed by atoms with Gasteiger partial charge in [-0.3, -0.25) is 14.7 Å². The molecule has 0 radical (unpaired) electrons. The number of rotatable bonds is 5. The van der Waals surface area contributed by atoms with Gasteiger partial charge in [-0.05, 0) is 31.2 Å². The Morgan fingerprint density at radius 1 is 1.29 bits per heavy atom. The van der Waals surface area contributed by atoms with Crippen LogP contribution < -0.4 is 0 Å². The number of allylic oxidation sites excluding steroid dienone is 1. The van der Waals surface area contributed by atoms with E-state index in [4.69, 9.17) is 9.47 Å². The number of nitrogens with zero attached hydrogens (tertiary/aromatic N) is 2. The highest BCUT2D eigenvalue weighted by Gasteiger charge is 2.36. The zero-order chi connectivity index (χ0) is 16.9. The number of amides is 1. The maximum Gasteiger partial charge on any atom is 0.267 e. The third-order valence-electron chi connectivity index (χ3n) is 3.74. The lowest BCUT2D eigenvalue weighted by molar-refractivity contribution is -0.122. The maximum absolute atomic E-state index is 12.9. The second-order valence-electron chi connectivity index (χ2n) is 5.29. The van der Waals surface area contributed by atoms with Gasteiger partial charge in [-0.1, -0.05) is 30.3 Å². The van der Waals surface area contributed by atoms with Crippen LogP contribution in [0.1, 0.15) is 19.4 Å². The van der Waals surface area contributed by atoms with Crippen molar-refractivity contribution in [3.8, 4) is 0 Å². The fraction of sp³-hybridized carbons (Fsp3) is 0.333. The Morgan fingerprint density at radius 3 is 2.71 bits per heavy atom. The van der Waals surface area contributed by atoms with Crippen molar-refractivity contribution in [2.45, 2.75) is 20.3 Å². The predicted molar refractivity (Wildman–Crippen MR) is 95.2 cm³/mol. The van der Waals surface area contributed by atoms with Crippen LogP contribution >= 0.6 is 11.8 Å². The maximum atomic E-state index is 12.9. The zero-order valence-corrected chi connectivity index (χ0v) is 14.6. The molecule has 2 heterocycles. The second kappa shape index (κ2) is 7.57. The number of amidine groups is 1. The van der Waals surface area contributed by atoms with Gasteiger partial charge in [0.2, 0.25) is 6.79 Å². The number of benzene rings is 1. The number of thioether (sulfide) groups is 1. The van der Waals surface area contributed by atoms with Crippen LogP contribution in [-0.2, 0) is 20.7 Å². The summed E-state index contributed by atoms with van der Waals surface area (Å²) >= 11 is 1.42. The fourth-order valence-corrected chi connectivity index (χ4v) is 3.79. The van der Waals surface area contributed by atoms with E-state index in [-0.39, 0.29) is 12.7 Å². The third kappa shape index (κ3) is 3.33. The highest BCUT2D eigenvalue weighted by Crippen LogP contribution is 2.37. The summed E-state index contributed by atoms with van der Waals surface area (Å²) < 4.78 is 10.8. The summed E-state index contributed by atoms with van der Waals surface area (Å²) in [6, 6.07) is 10.0. The van der Waals surface area contributed by atoms with Crippen molar-refractivity contribution in [1.82, 2.24) is 4.90 Å². The van der Waals surface area contributed by atoms with Gasteiger partial charge in [0.15, 0.2) is 10.9 Å². The van der Waals surface area contributed by atoms with Gasteiger partial charge in [-0.2, -0.15) is 0 Å². The van der Waals surface area contributed by atoms with E-state index in [1.54, 1.807) is 11.2 Å². The molecule has 0 atom stereocenters. The van der Waals surface area contributed by atoms with Crippen molar-refractivity contribution in [2.24, 2.45) is 4.99 Å². The highest BCUT2D eigenvalue weighted by atomic mass is 32.2. The summed E-state index contributed by atoms with van der Waals surface area (Å²) in [6.45, 7) is 5.36. The first-order valence-corrected chi connectivity index (χ1v) is 8.82. The van der Waals surface area contributed by atoms with Crippen molar-refractivity contribution in [1.29, 1.82) is 0 Å². The minimum atomic E-state index is -0.0166. The van der Waals surface area contributed by atoms with Crippen LogP contribution in [0.15, 0.2) is 57.8 Å². The first-order chi connectivity index (χ1) is 11.7. The third-order valence-corrected chi connectivity index (χ3v) is 4.90. The molecule has 1 aromatic rings. The Morgan fingerprint density at radius 2 is 2.08 bits per heavy atom. The molecule has 0 aliphatic carbocycles. The van der Waals surface area contributed by atoms with Crippen LogP contribution in [0.5, 0.6) is 0 Å². The lowest BCUT2D eigenvalue weighted by Gasteiger charge is -2.12. The van der Waals surface area contributed by atoms with Crippen LogP contribution in [-0.4, -0.2) is 35.9 Å². The average molecular weight is 344 g/mol. The van der Waals surface area contributed by atoms with Crippen LogP contribution in [0.4, 0.5) is 0 Å². The van der Waals surface area contributed by atoms with E-state index < -0.39 is 0 Å². The molecule has 0 N–H and O–H groups in total. The fourth-order valence-electron chi connectivity index (χ4n) is 2.60. The Balaban J connectivity index is 2.02. The van der Waals surface area contributed by atoms with Gasteiger partial charge in [0, 0.05) is 25.1 Å². The molecule has 1 fully saturated rings. The minimum Gasteiger partial charge on any atom is -0.461 e. The van der Waals surface area contributed by atoms with E-state index in [9.17, 15) is 4.79 Å². The second-order valence-corrected chi connectivity index (χ2v) is 6.27. The molecular formula is C18H20N2O3S. The molecule has 6 heteroatoms. The predicted octanol–water partition coefficient (Wildman–Crippen LogP) is 3.30. The first-order valence-electron chi connectivity index (χ1n) is 8.00. The Hall–Kier alpha value is -2.21. The quantitative estimate of drug-likeness (QED) is 0.769. The van der Waals surface area contributed by atoms with Gasteiger partial charge in [0.25, 0.3) is 5.91 Å². The molecule has 5 nitrogen and oxygen atoms in total. The molecule has 1 saturated heterocycles. The number of carbonyl (C=O) groups is 1. The standard InChI is InChI=1S/C18H20N2O3S/c1-3-19-18-20(4-2)17(21)16(24-18)14(15-11-22-12-23-15)10-13-8-6-5-7-9-13/h5-9,11H,3-4,10,12H2,1-2H3. The number of likely N-dealkylation sites (N-methyl/N-ethyl adjacent to an activating group) is 1. The number of carbonyl (C=O) groups excluding carboxylic acids is 1. The van der Waals surface area contributed by atoms with Crippen molar-refractivity contribution < 1.29 is 14.3 Å². The molecule has 0 spiro atoms. The van der Waals surface area contributed by atoms with Crippen molar-refractivity contribution >= 4 is 22.8 Å². The Bertz CT molecular complexity index is 710. The number of hydrogen-bond donors (Lipinski definition) is 0. The largest absolute Gasteiger partial charge is 0.461 e. The molecule has 1 aromatic carbocycles. The van der Waals surface area contributed by atoms with E-state index in [0.29, 0.717) is 30.2 Å².